The van der Waals surface area contributed by atoms with E-state index < -0.39 is 0 Å². The largest absolute Gasteiger partial charge is 0.373 e. The molecule has 8 nitrogen and oxygen atoms in total. The van der Waals surface area contributed by atoms with Gasteiger partial charge in [0, 0.05) is 49.7 Å². The summed E-state index contributed by atoms with van der Waals surface area (Å²) < 4.78 is 7.95. The van der Waals surface area contributed by atoms with E-state index in [0.29, 0.717) is 30.7 Å². The number of carbonyl (C=O) groups is 1. The van der Waals surface area contributed by atoms with Crippen molar-refractivity contribution >= 4 is 16.9 Å². The van der Waals surface area contributed by atoms with Gasteiger partial charge in [-0.25, -0.2) is 15.0 Å². The number of aryl methyl sites for hydroxylation is 1. The van der Waals surface area contributed by atoms with E-state index >= 15 is 0 Å². The van der Waals surface area contributed by atoms with Crippen LogP contribution in [0.15, 0.2) is 73.4 Å². The van der Waals surface area contributed by atoms with Crippen molar-refractivity contribution < 1.29 is 9.53 Å². The minimum atomic E-state index is -0.0363. The number of morpholine rings is 1. The molecule has 0 unspecified atom stereocenters. The van der Waals surface area contributed by atoms with Gasteiger partial charge in [0.1, 0.15) is 0 Å². The average Bonchev–Trinajstić information content (AvgIpc) is 3.39. The maximum Gasteiger partial charge on any atom is 0.268 e. The fraction of sp³-hybridized carbons (Fsp3) is 0.333. The molecular formula is C27H30N6O2. The predicted molar refractivity (Wildman–Crippen MR) is 134 cm³/mol. The van der Waals surface area contributed by atoms with Gasteiger partial charge < -0.3 is 9.30 Å². The number of hydrogen-bond acceptors (Lipinski definition) is 6. The second kappa shape index (κ2) is 10.3. The van der Waals surface area contributed by atoms with Gasteiger partial charge in [-0.2, -0.15) is 0 Å². The van der Waals surface area contributed by atoms with E-state index in [1.165, 1.54) is 0 Å². The standard InChI is InChI=1S/C27H30N6O2/c1-20-17-32(18-21(2)35-20)33(13-6-12-31-14-11-28-19-31)27(34)23-9-10-24-25(15-23)30-26(16-29-24)22-7-4-3-5-8-22/h3-5,7-11,14-16,19-21H,6,12-13,17-18H2,1-2H3/t20-,21+. The van der Waals surface area contributed by atoms with Crippen LogP contribution in [-0.2, 0) is 11.3 Å². The van der Waals surface area contributed by atoms with E-state index in [0.717, 1.165) is 29.7 Å². The molecule has 2 atom stereocenters. The van der Waals surface area contributed by atoms with Crippen LogP contribution < -0.4 is 0 Å². The molecule has 1 amide bonds. The molecule has 3 heterocycles. The van der Waals surface area contributed by atoms with Crippen LogP contribution in [-0.4, -0.2) is 67.3 Å². The third-order valence-corrected chi connectivity index (χ3v) is 6.18. The number of nitrogens with zero attached hydrogens (tertiary/aromatic N) is 6. The number of benzene rings is 2. The molecule has 0 bridgehead atoms. The van der Waals surface area contributed by atoms with E-state index in [9.17, 15) is 4.79 Å². The molecule has 0 aliphatic carbocycles. The summed E-state index contributed by atoms with van der Waals surface area (Å²) >= 11 is 0. The summed E-state index contributed by atoms with van der Waals surface area (Å²) in [7, 11) is 0. The highest BCUT2D eigenvalue weighted by Crippen LogP contribution is 2.22. The van der Waals surface area contributed by atoms with E-state index in [2.05, 4.69) is 15.0 Å². The van der Waals surface area contributed by atoms with Gasteiger partial charge in [0.2, 0.25) is 0 Å². The number of rotatable bonds is 7. The molecule has 8 heteroatoms. The van der Waals surface area contributed by atoms with Gasteiger partial charge >= 0.3 is 0 Å². The number of fused-ring (bicyclic) bond motifs is 1. The second-order valence-corrected chi connectivity index (χ2v) is 9.04. The van der Waals surface area contributed by atoms with Crippen molar-refractivity contribution in [2.75, 3.05) is 19.6 Å². The van der Waals surface area contributed by atoms with Gasteiger partial charge in [-0.1, -0.05) is 30.3 Å². The zero-order valence-electron chi connectivity index (χ0n) is 20.1. The molecular weight excluding hydrogens is 440 g/mol. The predicted octanol–water partition coefficient (Wildman–Crippen LogP) is 4.05. The van der Waals surface area contributed by atoms with Crippen LogP contribution in [0, 0.1) is 0 Å². The number of carbonyl (C=O) groups excluding carboxylic acids is 1. The van der Waals surface area contributed by atoms with E-state index in [4.69, 9.17) is 9.72 Å². The summed E-state index contributed by atoms with van der Waals surface area (Å²) in [6.45, 7) is 6.84. The Morgan fingerprint density at radius 1 is 1.09 bits per heavy atom. The van der Waals surface area contributed by atoms with Crippen LogP contribution in [0.2, 0.25) is 0 Å². The normalized spacial score (nSPS) is 18.6. The quantitative estimate of drug-likeness (QED) is 0.406. The van der Waals surface area contributed by atoms with E-state index in [1.807, 2.05) is 78.2 Å². The van der Waals surface area contributed by atoms with Crippen LogP contribution in [0.5, 0.6) is 0 Å². The number of amides is 1. The first kappa shape index (κ1) is 23.1. The smallest absolute Gasteiger partial charge is 0.268 e. The van der Waals surface area contributed by atoms with E-state index in [1.54, 1.807) is 18.7 Å². The molecule has 1 aliphatic rings. The van der Waals surface area contributed by atoms with Crippen LogP contribution in [0.25, 0.3) is 22.3 Å². The Labute approximate surface area is 205 Å². The number of hydrogen-bond donors (Lipinski definition) is 0. The SMILES string of the molecule is C[C@@H]1CN(N(CCCn2ccnc2)C(=O)c2ccc3ncc(-c4ccccc4)nc3c2)C[C@H](C)O1. The number of ether oxygens (including phenoxy) is 1. The third kappa shape index (κ3) is 5.39. The summed E-state index contributed by atoms with van der Waals surface area (Å²) in [4.78, 5) is 27.3. The fourth-order valence-electron chi connectivity index (χ4n) is 4.58. The summed E-state index contributed by atoms with van der Waals surface area (Å²) in [5, 5.41) is 4.01. The summed E-state index contributed by atoms with van der Waals surface area (Å²) in [5.41, 5.74) is 3.86. The van der Waals surface area contributed by atoms with Crippen LogP contribution in [0.3, 0.4) is 0 Å². The number of aromatic nitrogens is 4. The van der Waals surface area contributed by atoms with Crippen molar-refractivity contribution in [3.63, 3.8) is 0 Å². The molecule has 0 N–H and O–H groups in total. The van der Waals surface area contributed by atoms with Gasteiger partial charge in [0.25, 0.3) is 5.91 Å². The van der Waals surface area contributed by atoms with Gasteiger partial charge in [0.15, 0.2) is 0 Å². The van der Waals surface area contributed by atoms with Gasteiger partial charge in [-0.3, -0.25) is 14.8 Å². The fourth-order valence-corrected chi connectivity index (χ4v) is 4.58. The highest BCUT2D eigenvalue weighted by atomic mass is 16.5. The lowest BCUT2D eigenvalue weighted by molar-refractivity contribution is -0.130. The topological polar surface area (TPSA) is 76.4 Å². The molecule has 0 radical (unpaired) electrons. The number of imidazole rings is 1. The molecule has 2 aromatic heterocycles. The second-order valence-electron chi connectivity index (χ2n) is 9.04. The van der Waals surface area contributed by atoms with Crippen molar-refractivity contribution in [1.29, 1.82) is 0 Å². The van der Waals surface area contributed by atoms with Crippen molar-refractivity contribution in [1.82, 2.24) is 29.5 Å². The molecule has 35 heavy (non-hydrogen) atoms. The highest BCUT2D eigenvalue weighted by Gasteiger charge is 2.30. The summed E-state index contributed by atoms with van der Waals surface area (Å²) in [6.07, 6.45) is 8.21. The van der Waals surface area contributed by atoms with Crippen molar-refractivity contribution in [3.05, 3.63) is 79.0 Å². The monoisotopic (exact) mass is 470 g/mol. The Hall–Kier alpha value is -3.62. The minimum Gasteiger partial charge on any atom is -0.373 e. The molecule has 4 aromatic rings. The lowest BCUT2D eigenvalue weighted by atomic mass is 10.1. The molecule has 1 saturated heterocycles. The molecule has 0 saturated carbocycles. The molecule has 180 valence electrons. The Morgan fingerprint density at radius 3 is 2.63 bits per heavy atom. The lowest BCUT2D eigenvalue weighted by Gasteiger charge is -2.42. The lowest BCUT2D eigenvalue weighted by Crippen LogP contribution is -2.56. The van der Waals surface area contributed by atoms with Crippen LogP contribution in [0.1, 0.15) is 30.6 Å². The third-order valence-electron chi connectivity index (χ3n) is 6.18. The molecule has 1 aliphatic heterocycles. The minimum absolute atomic E-state index is 0.0363. The zero-order valence-corrected chi connectivity index (χ0v) is 20.1. The average molecular weight is 471 g/mol. The Morgan fingerprint density at radius 2 is 1.89 bits per heavy atom. The summed E-state index contributed by atoms with van der Waals surface area (Å²) in [5.74, 6) is -0.0363. The first-order valence-corrected chi connectivity index (χ1v) is 12.1. The molecule has 1 fully saturated rings. The molecule has 0 spiro atoms. The highest BCUT2D eigenvalue weighted by molar-refractivity contribution is 5.97. The Kier molecular flexibility index (Phi) is 6.83. The first-order chi connectivity index (χ1) is 17.1. The molecule has 2 aromatic carbocycles. The van der Waals surface area contributed by atoms with Crippen LogP contribution in [0.4, 0.5) is 0 Å². The maximum absolute atomic E-state index is 13.8. The first-order valence-electron chi connectivity index (χ1n) is 12.1. The van der Waals surface area contributed by atoms with Gasteiger partial charge in [0.05, 0.1) is 41.5 Å². The van der Waals surface area contributed by atoms with Gasteiger partial charge in [-0.15, -0.1) is 0 Å². The Bertz CT molecular complexity index is 1270. The van der Waals surface area contributed by atoms with Crippen molar-refractivity contribution in [2.24, 2.45) is 0 Å². The maximum atomic E-state index is 13.8. The Balaban J connectivity index is 1.42. The number of hydrazine groups is 1. The zero-order chi connectivity index (χ0) is 24.2. The van der Waals surface area contributed by atoms with E-state index in [-0.39, 0.29) is 18.1 Å². The molecule has 5 rings (SSSR count). The van der Waals surface area contributed by atoms with Crippen LogP contribution >= 0.6 is 0 Å². The van der Waals surface area contributed by atoms with Gasteiger partial charge in [-0.05, 0) is 38.5 Å². The van der Waals surface area contributed by atoms with Crippen molar-refractivity contribution in [2.45, 2.75) is 39.0 Å². The van der Waals surface area contributed by atoms with Crippen molar-refractivity contribution in [3.8, 4) is 11.3 Å². The summed E-state index contributed by atoms with van der Waals surface area (Å²) in [6, 6.07) is 15.5.